The normalized spacial score (nSPS) is 27.8. The molecule has 1 saturated heterocycles. The van der Waals surface area contributed by atoms with Crippen molar-refractivity contribution in [3.63, 3.8) is 0 Å². The first-order chi connectivity index (χ1) is 10.8. The predicted molar refractivity (Wildman–Crippen MR) is 79.7 cm³/mol. The smallest absolute Gasteiger partial charge is 0.243 e. The zero-order chi connectivity index (χ0) is 14.9. The fourth-order valence-electron chi connectivity index (χ4n) is 3.82. The number of nitrogens with zero attached hydrogens (tertiary/aromatic N) is 2. The van der Waals surface area contributed by atoms with E-state index in [1.807, 2.05) is 6.07 Å². The minimum Gasteiger partial charge on any atom is -0.338 e. The van der Waals surface area contributed by atoms with Crippen LogP contribution in [0.25, 0.3) is 0 Å². The lowest BCUT2D eigenvalue weighted by atomic mass is 9.85. The van der Waals surface area contributed by atoms with Crippen molar-refractivity contribution in [1.82, 2.24) is 15.5 Å². The molecule has 0 bridgehead atoms. The lowest BCUT2D eigenvalue weighted by Crippen LogP contribution is -2.30. The minimum absolute atomic E-state index is 0.182. The quantitative estimate of drug-likeness (QED) is 0.944. The van der Waals surface area contributed by atoms with Crippen LogP contribution in [0.3, 0.4) is 0 Å². The van der Waals surface area contributed by atoms with E-state index in [-0.39, 0.29) is 11.9 Å². The maximum atomic E-state index is 13.2. The molecule has 1 aromatic heterocycles. The van der Waals surface area contributed by atoms with E-state index >= 15 is 0 Å². The number of hydrogen-bond acceptors (Lipinski definition) is 4. The van der Waals surface area contributed by atoms with Gasteiger partial charge in [0.05, 0.1) is 6.04 Å². The highest BCUT2D eigenvalue weighted by Gasteiger charge is 2.38. The Kier molecular flexibility index (Phi) is 3.66. The third kappa shape index (κ3) is 2.77. The van der Waals surface area contributed by atoms with Gasteiger partial charge in [-0.2, -0.15) is 4.98 Å². The van der Waals surface area contributed by atoms with Crippen molar-refractivity contribution in [3.8, 4) is 0 Å². The summed E-state index contributed by atoms with van der Waals surface area (Å²) in [4.78, 5) is 4.51. The Hall–Kier alpha value is -1.75. The highest BCUT2D eigenvalue weighted by Crippen LogP contribution is 2.38. The highest BCUT2D eigenvalue weighted by molar-refractivity contribution is 5.20. The Labute approximate surface area is 129 Å². The number of fused-ring (bicyclic) bond motifs is 1. The lowest BCUT2D eigenvalue weighted by Gasteiger charge is -2.24. The second-order valence-electron chi connectivity index (χ2n) is 6.46. The topological polar surface area (TPSA) is 51.0 Å². The summed E-state index contributed by atoms with van der Waals surface area (Å²) in [6.45, 7) is 0. The van der Waals surface area contributed by atoms with E-state index in [1.54, 1.807) is 6.07 Å². The van der Waals surface area contributed by atoms with Crippen LogP contribution in [0.5, 0.6) is 0 Å². The van der Waals surface area contributed by atoms with E-state index in [0.29, 0.717) is 24.2 Å². The summed E-state index contributed by atoms with van der Waals surface area (Å²) in [6.07, 6.45) is 6.80. The van der Waals surface area contributed by atoms with Gasteiger partial charge in [-0.05, 0) is 42.9 Å². The van der Waals surface area contributed by atoms with Gasteiger partial charge in [0.1, 0.15) is 5.82 Å². The Morgan fingerprint density at radius 3 is 3.05 bits per heavy atom. The summed E-state index contributed by atoms with van der Waals surface area (Å²) in [7, 11) is 0. The third-order valence-corrected chi connectivity index (χ3v) is 4.90. The molecule has 4 rings (SSSR count). The van der Waals surface area contributed by atoms with Crippen LogP contribution in [0, 0.1) is 11.7 Å². The molecule has 2 heterocycles. The SMILES string of the molecule is Fc1cccc(Cc2noc(C3CC4CCCCC4N3)n2)c1. The van der Waals surface area contributed by atoms with Crippen molar-refractivity contribution in [2.45, 2.75) is 50.6 Å². The summed E-state index contributed by atoms with van der Waals surface area (Å²) in [5, 5.41) is 7.69. The van der Waals surface area contributed by atoms with Gasteiger partial charge < -0.3 is 9.84 Å². The molecule has 2 aliphatic rings. The summed E-state index contributed by atoms with van der Waals surface area (Å²) in [5.74, 6) is 1.82. The average Bonchev–Trinajstić information content (AvgIpc) is 3.13. The van der Waals surface area contributed by atoms with E-state index in [4.69, 9.17) is 4.52 Å². The molecule has 0 radical (unpaired) electrons. The van der Waals surface area contributed by atoms with Crippen LogP contribution in [0.1, 0.15) is 55.4 Å². The zero-order valence-corrected chi connectivity index (χ0v) is 12.5. The second kappa shape index (κ2) is 5.80. The van der Waals surface area contributed by atoms with Gasteiger partial charge in [-0.15, -0.1) is 0 Å². The zero-order valence-electron chi connectivity index (χ0n) is 12.5. The van der Waals surface area contributed by atoms with Gasteiger partial charge in [-0.1, -0.05) is 30.1 Å². The lowest BCUT2D eigenvalue weighted by molar-refractivity contribution is 0.324. The highest BCUT2D eigenvalue weighted by atomic mass is 19.1. The monoisotopic (exact) mass is 301 g/mol. The number of halogens is 1. The molecule has 116 valence electrons. The Balaban J connectivity index is 1.45. The maximum Gasteiger partial charge on any atom is 0.243 e. The maximum absolute atomic E-state index is 13.2. The van der Waals surface area contributed by atoms with Gasteiger partial charge in [0, 0.05) is 12.5 Å². The Bertz CT molecular complexity index is 643. The van der Waals surface area contributed by atoms with E-state index in [0.717, 1.165) is 17.9 Å². The number of benzene rings is 1. The van der Waals surface area contributed by atoms with Crippen LogP contribution in [0.2, 0.25) is 0 Å². The molecule has 2 aromatic rings. The molecule has 2 fully saturated rings. The molecule has 5 heteroatoms. The van der Waals surface area contributed by atoms with Gasteiger partial charge in [-0.25, -0.2) is 4.39 Å². The van der Waals surface area contributed by atoms with Gasteiger partial charge in [0.2, 0.25) is 5.89 Å². The van der Waals surface area contributed by atoms with Crippen molar-refractivity contribution in [2.75, 3.05) is 0 Å². The van der Waals surface area contributed by atoms with Crippen LogP contribution >= 0.6 is 0 Å². The van der Waals surface area contributed by atoms with E-state index in [9.17, 15) is 4.39 Å². The summed E-state index contributed by atoms with van der Waals surface area (Å²) in [6, 6.07) is 7.32. The molecule has 0 spiro atoms. The molecule has 3 unspecified atom stereocenters. The minimum atomic E-state index is -0.234. The molecule has 22 heavy (non-hydrogen) atoms. The molecular formula is C17H20FN3O. The average molecular weight is 301 g/mol. The van der Waals surface area contributed by atoms with Crippen LogP contribution in [-0.4, -0.2) is 16.2 Å². The third-order valence-electron chi connectivity index (χ3n) is 4.90. The van der Waals surface area contributed by atoms with E-state index in [1.165, 1.54) is 37.8 Å². The van der Waals surface area contributed by atoms with E-state index in [2.05, 4.69) is 15.5 Å². The molecule has 4 nitrogen and oxygen atoms in total. The fraction of sp³-hybridized carbons (Fsp3) is 0.529. The van der Waals surface area contributed by atoms with Crippen molar-refractivity contribution in [1.29, 1.82) is 0 Å². The number of nitrogens with one attached hydrogen (secondary N) is 1. The van der Waals surface area contributed by atoms with Gasteiger partial charge >= 0.3 is 0 Å². The standard InChI is InChI=1S/C17H20FN3O/c18-13-6-3-4-11(8-13)9-16-20-17(22-21-16)15-10-12-5-1-2-7-14(12)19-15/h3-4,6,8,12,14-15,19H,1-2,5,7,9-10H2. The van der Waals surface area contributed by atoms with Crippen molar-refractivity contribution < 1.29 is 8.91 Å². The van der Waals surface area contributed by atoms with Crippen LogP contribution in [-0.2, 0) is 6.42 Å². The fourth-order valence-corrected chi connectivity index (χ4v) is 3.82. The summed E-state index contributed by atoms with van der Waals surface area (Å²) < 4.78 is 18.7. The Morgan fingerprint density at radius 2 is 2.18 bits per heavy atom. The van der Waals surface area contributed by atoms with E-state index < -0.39 is 0 Å². The summed E-state index contributed by atoms with van der Waals surface area (Å²) in [5.41, 5.74) is 0.861. The molecular weight excluding hydrogens is 281 g/mol. The molecule has 1 aromatic carbocycles. The molecule has 1 aliphatic heterocycles. The molecule has 1 N–H and O–H groups in total. The largest absolute Gasteiger partial charge is 0.338 e. The van der Waals surface area contributed by atoms with Crippen molar-refractivity contribution in [3.05, 3.63) is 47.4 Å². The van der Waals surface area contributed by atoms with Crippen LogP contribution < -0.4 is 5.32 Å². The Morgan fingerprint density at radius 1 is 1.27 bits per heavy atom. The summed E-state index contributed by atoms with van der Waals surface area (Å²) >= 11 is 0. The first-order valence-corrected chi connectivity index (χ1v) is 8.11. The second-order valence-corrected chi connectivity index (χ2v) is 6.46. The molecule has 0 amide bonds. The van der Waals surface area contributed by atoms with Crippen molar-refractivity contribution in [2.24, 2.45) is 5.92 Å². The predicted octanol–water partition coefficient (Wildman–Crippen LogP) is 3.39. The van der Waals surface area contributed by atoms with Crippen molar-refractivity contribution >= 4 is 0 Å². The van der Waals surface area contributed by atoms with Gasteiger partial charge in [-0.3, -0.25) is 0 Å². The number of aromatic nitrogens is 2. The molecule has 1 aliphatic carbocycles. The molecule has 1 saturated carbocycles. The number of rotatable bonds is 3. The molecule has 3 atom stereocenters. The first kappa shape index (κ1) is 13.9. The van der Waals surface area contributed by atoms with Gasteiger partial charge in [0.25, 0.3) is 0 Å². The van der Waals surface area contributed by atoms with Crippen LogP contribution in [0.4, 0.5) is 4.39 Å². The van der Waals surface area contributed by atoms with Crippen LogP contribution in [0.15, 0.2) is 28.8 Å². The van der Waals surface area contributed by atoms with Gasteiger partial charge in [0.15, 0.2) is 5.82 Å². The number of hydrogen-bond donors (Lipinski definition) is 1. The first-order valence-electron chi connectivity index (χ1n) is 8.11.